The Balaban J connectivity index is 1.79. The third kappa shape index (κ3) is 2.73. The van der Waals surface area contributed by atoms with Gasteiger partial charge in [-0.25, -0.2) is 4.98 Å². The maximum absolute atomic E-state index is 4.65. The average Bonchev–Trinajstić information content (AvgIpc) is 2.80. The Hall–Kier alpha value is -1.74. The molecule has 3 rings (SSSR count). The lowest BCUT2D eigenvalue weighted by molar-refractivity contribution is 1.08. The molecule has 0 spiro atoms. The quantitative estimate of drug-likeness (QED) is 0.700. The van der Waals surface area contributed by atoms with Crippen molar-refractivity contribution >= 4 is 22.8 Å². The molecule has 0 aliphatic carbocycles. The van der Waals surface area contributed by atoms with Crippen molar-refractivity contribution in [3.05, 3.63) is 58.7 Å². The van der Waals surface area contributed by atoms with Crippen LogP contribution in [0.3, 0.4) is 0 Å². The highest BCUT2D eigenvalue weighted by atomic mass is 32.2. The molecule has 20 heavy (non-hydrogen) atoms. The fraction of sp³-hybridized carbons (Fsp3) is 0.235. The minimum Gasteiger partial charge on any atom is -0.333 e. The van der Waals surface area contributed by atoms with Crippen LogP contribution >= 0.6 is 11.8 Å². The van der Waals surface area contributed by atoms with Crippen LogP contribution < -0.4 is 0 Å². The van der Waals surface area contributed by atoms with E-state index >= 15 is 0 Å². The Morgan fingerprint density at radius 3 is 2.45 bits per heavy atom. The topological polar surface area (TPSA) is 28.7 Å². The number of rotatable bonds is 3. The molecule has 0 aliphatic heterocycles. The van der Waals surface area contributed by atoms with E-state index in [1.165, 1.54) is 22.3 Å². The first-order valence-corrected chi connectivity index (χ1v) is 7.76. The van der Waals surface area contributed by atoms with E-state index in [9.17, 15) is 0 Å². The predicted octanol–water partition coefficient (Wildman–Crippen LogP) is 4.78. The first-order valence-electron chi connectivity index (χ1n) is 6.77. The smallest absolute Gasteiger partial charge is 0.166 e. The maximum Gasteiger partial charge on any atom is 0.166 e. The fourth-order valence-electron chi connectivity index (χ4n) is 2.15. The zero-order valence-corrected chi connectivity index (χ0v) is 12.8. The van der Waals surface area contributed by atoms with Gasteiger partial charge in [-0.1, -0.05) is 41.6 Å². The second-order valence-electron chi connectivity index (χ2n) is 5.27. The first kappa shape index (κ1) is 13.3. The lowest BCUT2D eigenvalue weighted by Gasteiger charge is -1.99. The molecule has 3 aromatic rings. The summed E-state index contributed by atoms with van der Waals surface area (Å²) < 4.78 is 0. The van der Waals surface area contributed by atoms with E-state index in [1.54, 1.807) is 11.8 Å². The molecule has 0 bridgehead atoms. The van der Waals surface area contributed by atoms with Crippen LogP contribution in [0.25, 0.3) is 11.0 Å². The zero-order valence-electron chi connectivity index (χ0n) is 12.0. The molecule has 0 saturated carbocycles. The van der Waals surface area contributed by atoms with E-state index in [4.69, 9.17) is 0 Å². The van der Waals surface area contributed by atoms with Crippen LogP contribution in [0.2, 0.25) is 0 Å². The van der Waals surface area contributed by atoms with Crippen LogP contribution in [-0.2, 0) is 5.75 Å². The highest BCUT2D eigenvalue weighted by Gasteiger charge is 2.05. The summed E-state index contributed by atoms with van der Waals surface area (Å²) in [5.74, 6) is 0.943. The van der Waals surface area contributed by atoms with E-state index in [-0.39, 0.29) is 0 Å². The monoisotopic (exact) mass is 282 g/mol. The molecule has 0 atom stereocenters. The number of aromatic nitrogens is 2. The number of benzene rings is 2. The summed E-state index contributed by atoms with van der Waals surface area (Å²) >= 11 is 1.75. The summed E-state index contributed by atoms with van der Waals surface area (Å²) in [5.41, 5.74) is 7.40. The summed E-state index contributed by atoms with van der Waals surface area (Å²) in [6, 6.07) is 13.0. The van der Waals surface area contributed by atoms with Crippen LogP contribution in [-0.4, -0.2) is 9.97 Å². The van der Waals surface area contributed by atoms with Gasteiger partial charge in [0.1, 0.15) is 0 Å². The molecule has 1 N–H and O–H groups in total. The summed E-state index contributed by atoms with van der Waals surface area (Å²) in [7, 11) is 0. The van der Waals surface area contributed by atoms with Crippen LogP contribution in [0, 0.1) is 20.8 Å². The van der Waals surface area contributed by atoms with E-state index < -0.39 is 0 Å². The molecule has 1 heterocycles. The largest absolute Gasteiger partial charge is 0.333 e. The molecule has 2 aromatic carbocycles. The Morgan fingerprint density at radius 2 is 1.70 bits per heavy atom. The van der Waals surface area contributed by atoms with Crippen molar-refractivity contribution in [1.29, 1.82) is 0 Å². The Morgan fingerprint density at radius 1 is 1.00 bits per heavy atom. The van der Waals surface area contributed by atoms with Gasteiger partial charge in [-0.3, -0.25) is 0 Å². The average molecular weight is 282 g/mol. The van der Waals surface area contributed by atoms with Gasteiger partial charge in [0.2, 0.25) is 0 Å². The second-order valence-corrected chi connectivity index (χ2v) is 6.23. The van der Waals surface area contributed by atoms with Gasteiger partial charge in [-0.05, 0) is 49.6 Å². The highest BCUT2D eigenvalue weighted by molar-refractivity contribution is 7.98. The van der Waals surface area contributed by atoms with Crippen molar-refractivity contribution in [3.63, 3.8) is 0 Å². The molecule has 0 radical (unpaired) electrons. The molecule has 0 unspecified atom stereocenters. The van der Waals surface area contributed by atoms with E-state index in [2.05, 4.69) is 67.1 Å². The van der Waals surface area contributed by atoms with Gasteiger partial charge in [0.05, 0.1) is 11.0 Å². The third-order valence-corrected chi connectivity index (χ3v) is 4.52. The van der Waals surface area contributed by atoms with Gasteiger partial charge < -0.3 is 4.98 Å². The van der Waals surface area contributed by atoms with E-state index in [0.29, 0.717) is 0 Å². The lowest BCUT2D eigenvalue weighted by Crippen LogP contribution is -1.82. The van der Waals surface area contributed by atoms with Crippen LogP contribution in [0.5, 0.6) is 0 Å². The summed E-state index contributed by atoms with van der Waals surface area (Å²) in [6.07, 6.45) is 0. The molecule has 1 aromatic heterocycles. The minimum absolute atomic E-state index is 0.943. The number of hydrogen-bond donors (Lipinski definition) is 1. The van der Waals surface area contributed by atoms with Gasteiger partial charge in [0.25, 0.3) is 0 Å². The molecule has 0 saturated heterocycles. The number of H-pyrrole nitrogens is 1. The van der Waals surface area contributed by atoms with Crippen molar-refractivity contribution in [1.82, 2.24) is 9.97 Å². The second kappa shape index (κ2) is 5.33. The lowest BCUT2D eigenvalue weighted by atomic mass is 10.1. The Bertz CT molecular complexity index is 703. The third-order valence-electron chi connectivity index (χ3n) is 3.57. The molecule has 2 nitrogen and oxygen atoms in total. The van der Waals surface area contributed by atoms with Crippen molar-refractivity contribution in [2.45, 2.75) is 31.7 Å². The van der Waals surface area contributed by atoms with Gasteiger partial charge >= 0.3 is 0 Å². The van der Waals surface area contributed by atoms with Crippen LogP contribution in [0.1, 0.15) is 22.3 Å². The van der Waals surface area contributed by atoms with Crippen molar-refractivity contribution < 1.29 is 0 Å². The van der Waals surface area contributed by atoms with Crippen LogP contribution in [0.15, 0.2) is 41.6 Å². The maximum atomic E-state index is 4.65. The number of fused-ring (bicyclic) bond motifs is 1. The predicted molar refractivity (Wildman–Crippen MR) is 86.3 cm³/mol. The van der Waals surface area contributed by atoms with Crippen LogP contribution in [0.4, 0.5) is 0 Å². The molecule has 0 amide bonds. The highest BCUT2D eigenvalue weighted by Crippen LogP contribution is 2.24. The van der Waals surface area contributed by atoms with Gasteiger partial charge in [0.15, 0.2) is 5.16 Å². The Labute approximate surface area is 123 Å². The summed E-state index contributed by atoms with van der Waals surface area (Å²) in [4.78, 5) is 8.05. The number of hydrogen-bond acceptors (Lipinski definition) is 2. The van der Waals surface area contributed by atoms with Crippen molar-refractivity contribution in [3.8, 4) is 0 Å². The molecule has 3 heteroatoms. The standard InChI is InChI=1S/C17H18N2S/c1-11-4-6-14(7-5-11)10-20-17-18-15-8-12(2)13(3)9-16(15)19-17/h4-9H,10H2,1-3H3,(H,18,19). The molecule has 102 valence electrons. The number of aromatic amines is 1. The zero-order chi connectivity index (χ0) is 14.1. The Kier molecular flexibility index (Phi) is 3.53. The molecular formula is C17H18N2S. The fourth-order valence-corrected chi connectivity index (χ4v) is 2.99. The normalized spacial score (nSPS) is 11.2. The molecule has 0 fully saturated rings. The van der Waals surface area contributed by atoms with Crippen molar-refractivity contribution in [2.75, 3.05) is 0 Å². The molecule has 0 aliphatic rings. The number of thioether (sulfide) groups is 1. The summed E-state index contributed by atoms with van der Waals surface area (Å²) in [6.45, 7) is 6.37. The summed E-state index contributed by atoms with van der Waals surface area (Å²) in [5, 5.41) is 0.991. The van der Waals surface area contributed by atoms with Crippen molar-refractivity contribution in [2.24, 2.45) is 0 Å². The van der Waals surface area contributed by atoms with E-state index in [0.717, 1.165) is 21.9 Å². The SMILES string of the molecule is Cc1ccc(CSc2nc3cc(C)c(C)cc3[nH]2)cc1. The number of nitrogens with zero attached hydrogens (tertiary/aromatic N) is 1. The van der Waals surface area contributed by atoms with Gasteiger partial charge in [-0.15, -0.1) is 0 Å². The number of aryl methyl sites for hydroxylation is 3. The number of nitrogens with one attached hydrogen (secondary N) is 1. The molecular weight excluding hydrogens is 264 g/mol. The number of imidazole rings is 1. The minimum atomic E-state index is 0.943. The van der Waals surface area contributed by atoms with E-state index in [1.807, 2.05) is 0 Å². The van der Waals surface area contributed by atoms with Gasteiger partial charge in [0, 0.05) is 5.75 Å². The van der Waals surface area contributed by atoms with Gasteiger partial charge in [-0.2, -0.15) is 0 Å². The first-order chi connectivity index (χ1) is 9.61.